The SMILES string of the molecule is CCCNC(=O)C1(C)CCCN(Cc2c(F)cccc2F)C1. The summed E-state index contributed by atoms with van der Waals surface area (Å²) >= 11 is 0. The lowest BCUT2D eigenvalue weighted by molar-refractivity contribution is -0.133. The molecule has 5 heteroatoms. The van der Waals surface area contributed by atoms with E-state index in [2.05, 4.69) is 5.32 Å². The number of hydrogen-bond acceptors (Lipinski definition) is 2. The van der Waals surface area contributed by atoms with Gasteiger partial charge in [0.2, 0.25) is 5.91 Å². The summed E-state index contributed by atoms with van der Waals surface area (Å²) in [4.78, 5) is 14.3. The van der Waals surface area contributed by atoms with Crippen LogP contribution >= 0.6 is 0 Å². The lowest BCUT2D eigenvalue weighted by Gasteiger charge is -2.39. The molecule has 0 aromatic heterocycles. The van der Waals surface area contributed by atoms with Gasteiger partial charge in [0.15, 0.2) is 0 Å². The zero-order chi connectivity index (χ0) is 16.2. The number of likely N-dealkylation sites (tertiary alicyclic amines) is 1. The highest BCUT2D eigenvalue weighted by Gasteiger charge is 2.37. The molecule has 0 aliphatic carbocycles. The van der Waals surface area contributed by atoms with Crippen LogP contribution in [0.5, 0.6) is 0 Å². The van der Waals surface area contributed by atoms with Crippen LogP contribution in [0, 0.1) is 17.0 Å². The van der Waals surface area contributed by atoms with Gasteiger partial charge in [0, 0.05) is 25.2 Å². The molecule has 1 N–H and O–H groups in total. The second-order valence-electron chi connectivity index (χ2n) is 6.33. The van der Waals surface area contributed by atoms with Crippen LogP contribution in [0.4, 0.5) is 8.78 Å². The Morgan fingerprint density at radius 2 is 2.05 bits per heavy atom. The van der Waals surface area contributed by atoms with E-state index in [1.165, 1.54) is 18.2 Å². The first-order chi connectivity index (χ1) is 10.5. The summed E-state index contributed by atoms with van der Waals surface area (Å²) in [7, 11) is 0. The second kappa shape index (κ2) is 7.18. The largest absolute Gasteiger partial charge is 0.356 e. The molecule has 1 aliphatic heterocycles. The molecule has 122 valence electrons. The van der Waals surface area contributed by atoms with Crippen molar-refractivity contribution in [2.24, 2.45) is 5.41 Å². The monoisotopic (exact) mass is 310 g/mol. The fraction of sp³-hybridized carbons (Fsp3) is 0.588. The number of amides is 1. The highest BCUT2D eigenvalue weighted by Crippen LogP contribution is 2.31. The predicted molar refractivity (Wildman–Crippen MR) is 82.3 cm³/mol. The quantitative estimate of drug-likeness (QED) is 0.906. The van der Waals surface area contributed by atoms with Crippen molar-refractivity contribution in [1.29, 1.82) is 0 Å². The summed E-state index contributed by atoms with van der Waals surface area (Å²) in [6, 6.07) is 3.91. The van der Waals surface area contributed by atoms with Crippen LogP contribution in [0.3, 0.4) is 0 Å². The van der Waals surface area contributed by atoms with Crippen molar-refractivity contribution in [3.05, 3.63) is 35.4 Å². The molecule has 1 aliphatic rings. The molecule has 1 amide bonds. The third kappa shape index (κ3) is 3.83. The van der Waals surface area contributed by atoms with Gasteiger partial charge in [-0.25, -0.2) is 8.78 Å². The first-order valence-electron chi connectivity index (χ1n) is 7.90. The number of nitrogens with one attached hydrogen (secondary N) is 1. The van der Waals surface area contributed by atoms with Gasteiger partial charge in [-0.15, -0.1) is 0 Å². The maximum absolute atomic E-state index is 13.8. The maximum Gasteiger partial charge on any atom is 0.227 e. The third-order valence-corrected chi connectivity index (χ3v) is 4.30. The maximum atomic E-state index is 13.8. The van der Waals surface area contributed by atoms with Gasteiger partial charge in [0.05, 0.1) is 5.41 Å². The molecule has 0 radical (unpaired) electrons. The molecule has 2 rings (SSSR count). The van der Waals surface area contributed by atoms with Gasteiger partial charge in [0.1, 0.15) is 11.6 Å². The molecule has 1 atom stereocenters. The van der Waals surface area contributed by atoms with Gasteiger partial charge in [0.25, 0.3) is 0 Å². The van der Waals surface area contributed by atoms with Gasteiger partial charge in [-0.1, -0.05) is 13.0 Å². The van der Waals surface area contributed by atoms with Crippen molar-refractivity contribution >= 4 is 5.91 Å². The molecule has 1 aromatic rings. The van der Waals surface area contributed by atoms with Crippen LogP contribution in [0.2, 0.25) is 0 Å². The normalized spacial score (nSPS) is 22.5. The van der Waals surface area contributed by atoms with Crippen LogP contribution in [0.1, 0.15) is 38.7 Å². The number of carbonyl (C=O) groups is 1. The van der Waals surface area contributed by atoms with Crippen molar-refractivity contribution in [1.82, 2.24) is 10.2 Å². The number of halogens is 2. The summed E-state index contributed by atoms with van der Waals surface area (Å²) in [5, 5.41) is 2.94. The van der Waals surface area contributed by atoms with Gasteiger partial charge >= 0.3 is 0 Å². The molecule has 0 spiro atoms. The minimum atomic E-state index is -0.525. The smallest absolute Gasteiger partial charge is 0.227 e. The molecular formula is C17H24F2N2O. The summed E-state index contributed by atoms with van der Waals surface area (Å²) in [6.07, 6.45) is 2.55. The van der Waals surface area contributed by atoms with E-state index in [0.717, 1.165) is 25.8 Å². The zero-order valence-electron chi connectivity index (χ0n) is 13.3. The Morgan fingerprint density at radius 3 is 2.68 bits per heavy atom. The predicted octanol–water partition coefficient (Wildman–Crippen LogP) is 3.09. The Bertz CT molecular complexity index is 515. The standard InChI is InChI=1S/C17H24F2N2O/c1-3-9-20-16(22)17(2)8-5-10-21(12-17)11-13-14(18)6-4-7-15(13)19/h4,6-7H,3,5,8-12H2,1-2H3,(H,20,22). The molecular weight excluding hydrogens is 286 g/mol. The van der Waals surface area contributed by atoms with Crippen molar-refractivity contribution in [2.75, 3.05) is 19.6 Å². The number of piperidine rings is 1. The van der Waals surface area contributed by atoms with Gasteiger partial charge in [-0.2, -0.15) is 0 Å². The average Bonchev–Trinajstić information content (AvgIpc) is 2.49. The highest BCUT2D eigenvalue weighted by atomic mass is 19.1. The lowest BCUT2D eigenvalue weighted by Crippen LogP contribution is -2.50. The fourth-order valence-electron chi connectivity index (χ4n) is 3.02. The lowest BCUT2D eigenvalue weighted by atomic mass is 9.80. The van der Waals surface area contributed by atoms with Gasteiger partial charge in [-0.3, -0.25) is 9.69 Å². The Morgan fingerprint density at radius 1 is 1.36 bits per heavy atom. The molecule has 22 heavy (non-hydrogen) atoms. The number of nitrogens with zero attached hydrogens (tertiary/aromatic N) is 1. The number of rotatable bonds is 5. The van der Waals surface area contributed by atoms with Crippen LogP contribution in [0.15, 0.2) is 18.2 Å². The van der Waals surface area contributed by atoms with E-state index in [9.17, 15) is 13.6 Å². The Labute approximate surface area is 130 Å². The summed E-state index contributed by atoms with van der Waals surface area (Å²) < 4.78 is 27.6. The summed E-state index contributed by atoms with van der Waals surface area (Å²) in [5.74, 6) is -1.02. The van der Waals surface area contributed by atoms with E-state index in [0.29, 0.717) is 13.1 Å². The second-order valence-corrected chi connectivity index (χ2v) is 6.33. The van der Waals surface area contributed by atoms with Crippen molar-refractivity contribution in [2.45, 2.75) is 39.7 Å². The van der Waals surface area contributed by atoms with Crippen LogP contribution in [-0.2, 0) is 11.3 Å². The molecule has 1 aromatic carbocycles. The molecule has 3 nitrogen and oxygen atoms in total. The van der Waals surface area contributed by atoms with Crippen molar-refractivity contribution in [3.8, 4) is 0 Å². The molecule has 1 fully saturated rings. The summed E-state index contributed by atoms with van der Waals surface area (Å²) in [6.45, 7) is 6.09. The van der Waals surface area contributed by atoms with E-state index in [-0.39, 0.29) is 18.0 Å². The van der Waals surface area contributed by atoms with E-state index < -0.39 is 17.0 Å². The number of carbonyl (C=O) groups excluding carboxylic acids is 1. The van der Waals surface area contributed by atoms with Gasteiger partial charge in [-0.05, 0) is 44.9 Å². The topological polar surface area (TPSA) is 32.3 Å². The zero-order valence-corrected chi connectivity index (χ0v) is 13.3. The number of benzene rings is 1. The molecule has 0 saturated carbocycles. The minimum Gasteiger partial charge on any atom is -0.356 e. The number of hydrogen-bond donors (Lipinski definition) is 1. The summed E-state index contributed by atoms with van der Waals surface area (Å²) in [5.41, 5.74) is -0.407. The molecule has 1 saturated heterocycles. The van der Waals surface area contributed by atoms with Crippen LogP contribution < -0.4 is 5.32 Å². The molecule has 1 heterocycles. The van der Waals surface area contributed by atoms with E-state index in [1.807, 2.05) is 18.7 Å². The minimum absolute atomic E-state index is 0.0352. The van der Waals surface area contributed by atoms with Gasteiger partial charge < -0.3 is 5.32 Å². The van der Waals surface area contributed by atoms with Crippen molar-refractivity contribution in [3.63, 3.8) is 0 Å². The Kier molecular flexibility index (Phi) is 5.51. The fourth-order valence-corrected chi connectivity index (χ4v) is 3.02. The third-order valence-electron chi connectivity index (χ3n) is 4.30. The first-order valence-corrected chi connectivity index (χ1v) is 7.90. The van der Waals surface area contributed by atoms with E-state index in [1.54, 1.807) is 0 Å². The first kappa shape index (κ1) is 16.9. The van der Waals surface area contributed by atoms with Crippen LogP contribution in [-0.4, -0.2) is 30.4 Å². The molecule has 1 unspecified atom stereocenters. The van der Waals surface area contributed by atoms with Crippen molar-refractivity contribution < 1.29 is 13.6 Å². The van der Waals surface area contributed by atoms with E-state index >= 15 is 0 Å². The highest BCUT2D eigenvalue weighted by molar-refractivity contribution is 5.82. The average molecular weight is 310 g/mol. The van der Waals surface area contributed by atoms with Crippen LogP contribution in [0.25, 0.3) is 0 Å². The Hall–Kier alpha value is -1.49. The Balaban J connectivity index is 2.06. The van der Waals surface area contributed by atoms with E-state index in [4.69, 9.17) is 0 Å². The molecule has 0 bridgehead atoms.